The summed E-state index contributed by atoms with van der Waals surface area (Å²) in [4.78, 5) is 22.0. The van der Waals surface area contributed by atoms with Crippen molar-refractivity contribution in [3.63, 3.8) is 0 Å². The number of ether oxygens (including phenoxy) is 1. The summed E-state index contributed by atoms with van der Waals surface area (Å²) in [6.07, 6.45) is -0.230. The van der Waals surface area contributed by atoms with Crippen molar-refractivity contribution in [3.05, 3.63) is 0 Å². The molecule has 5 heteroatoms. The van der Waals surface area contributed by atoms with Gasteiger partial charge in [-0.3, -0.25) is 0 Å². The molecule has 1 atom stereocenters. The van der Waals surface area contributed by atoms with E-state index in [-0.39, 0.29) is 6.10 Å². The fourth-order valence-electron chi connectivity index (χ4n) is 0.441. The number of nitrogens with one attached hydrogen (secondary N) is 1. The molecule has 0 bridgehead atoms. The Hall–Kier alpha value is -0.470. The third kappa shape index (κ3) is 2.88. The molecule has 0 aromatic rings. The predicted molar refractivity (Wildman–Crippen MR) is 44.9 cm³/mol. The average molecular weight is 191 g/mol. The van der Waals surface area contributed by atoms with Crippen LogP contribution in [0.1, 0.15) is 27.7 Å². The maximum absolute atomic E-state index is 11.2. The molecule has 0 aliphatic rings. The minimum atomic E-state index is -2.29. The SMILES string of the molecule is CC(C)OC(=O)C(C)(C)[P+](=N)[O-]. The lowest BCUT2D eigenvalue weighted by molar-refractivity contribution is -0.168. The average Bonchev–Trinajstić information content (AvgIpc) is 1.85. The van der Waals surface area contributed by atoms with Crippen molar-refractivity contribution < 1.29 is 14.4 Å². The summed E-state index contributed by atoms with van der Waals surface area (Å²) in [6.45, 7) is 6.32. The molecular formula is C7H14NO3P. The van der Waals surface area contributed by atoms with E-state index < -0.39 is 19.1 Å². The molecule has 70 valence electrons. The van der Waals surface area contributed by atoms with Gasteiger partial charge in [-0.2, -0.15) is 0 Å². The molecule has 4 nitrogen and oxygen atoms in total. The molecule has 1 unspecified atom stereocenters. The van der Waals surface area contributed by atoms with Crippen molar-refractivity contribution in [2.75, 3.05) is 0 Å². The second-order valence-corrected chi connectivity index (χ2v) is 5.01. The molecule has 1 N–H and O–H groups in total. The van der Waals surface area contributed by atoms with E-state index in [0.29, 0.717) is 0 Å². The van der Waals surface area contributed by atoms with Crippen LogP contribution in [0.3, 0.4) is 0 Å². The molecule has 0 aliphatic heterocycles. The molecule has 0 rings (SSSR count). The zero-order valence-electron chi connectivity index (χ0n) is 7.75. The van der Waals surface area contributed by atoms with E-state index in [1.807, 2.05) is 0 Å². The van der Waals surface area contributed by atoms with Gasteiger partial charge < -0.3 is 9.63 Å². The number of rotatable bonds is 3. The first-order chi connectivity index (χ1) is 5.28. The maximum atomic E-state index is 11.2. The summed E-state index contributed by atoms with van der Waals surface area (Å²) in [6, 6.07) is 0. The van der Waals surface area contributed by atoms with Gasteiger partial charge in [-0.05, 0) is 27.7 Å². The van der Waals surface area contributed by atoms with Crippen molar-refractivity contribution >= 4 is 13.9 Å². The van der Waals surface area contributed by atoms with Crippen molar-refractivity contribution in [1.29, 1.82) is 5.16 Å². The van der Waals surface area contributed by atoms with E-state index >= 15 is 0 Å². The van der Waals surface area contributed by atoms with Gasteiger partial charge in [-0.15, -0.1) is 5.16 Å². The number of hydrogen-bond acceptors (Lipinski definition) is 4. The fourth-order valence-corrected chi connectivity index (χ4v) is 0.660. The van der Waals surface area contributed by atoms with E-state index in [1.54, 1.807) is 13.8 Å². The van der Waals surface area contributed by atoms with Crippen LogP contribution in [0.4, 0.5) is 0 Å². The summed E-state index contributed by atoms with van der Waals surface area (Å²) in [5, 5.41) is 5.77. The molecule has 0 aliphatic carbocycles. The highest BCUT2D eigenvalue weighted by Gasteiger charge is 2.39. The lowest BCUT2D eigenvalue weighted by Crippen LogP contribution is -2.34. The number of esters is 1. The van der Waals surface area contributed by atoms with Crippen molar-refractivity contribution in [1.82, 2.24) is 0 Å². The first-order valence-corrected chi connectivity index (χ1v) is 4.94. The summed E-state index contributed by atoms with van der Waals surface area (Å²) >= 11 is 0. The van der Waals surface area contributed by atoms with Gasteiger partial charge >= 0.3 is 5.97 Å². The number of carbonyl (C=O) groups excluding carboxylic acids is 1. The highest BCUT2D eigenvalue weighted by molar-refractivity contribution is 7.41. The van der Waals surface area contributed by atoms with Gasteiger partial charge in [0, 0.05) is 0 Å². The minimum absolute atomic E-state index is 0.230. The fraction of sp³-hybridized carbons (Fsp3) is 0.857. The van der Waals surface area contributed by atoms with E-state index in [0.717, 1.165) is 0 Å². The van der Waals surface area contributed by atoms with Crippen LogP contribution in [0.25, 0.3) is 0 Å². The van der Waals surface area contributed by atoms with E-state index in [9.17, 15) is 9.69 Å². The summed E-state index contributed by atoms with van der Waals surface area (Å²) in [5.74, 6) is -0.575. The van der Waals surface area contributed by atoms with Crippen molar-refractivity contribution in [2.24, 2.45) is 0 Å². The predicted octanol–water partition coefficient (Wildman–Crippen LogP) is 1.24. The summed E-state index contributed by atoms with van der Waals surface area (Å²) in [7, 11) is -2.29. The van der Waals surface area contributed by atoms with E-state index in [1.165, 1.54) is 13.8 Å². The van der Waals surface area contributed by atoms with Gasteiger partial charge in [-0.25, -0.2) is 4.79 Å². The summed E-state index contributed by atoms with van der Waals surface area (Å²) < 4.78 is 4.83. The van der Waals surface area contributed by atoms with Crippen molar-refractivity contribution in [3.8, 4) is 0 Å². The van der Waals surface area contributed by atoms with Gasteiger partial charge in [-0.1, -0.05) is 0 Å². The Morgan fingerprint density at radius 2 is 2.00 bits per heavy atom. The number of carbonyl (C=O) groups is 1. The highest BCUT2D eigenvalue weighted by Crippen LogP contribution is 2.32. The molecule has 0 saturated carbocycles. The Bertz CT molecular complexity index is 201. The standard InChI is InChI=1S/C7H14NO3P/c1-5(2)11-6(9)7(3,4)12(8)10/h5,8H,1-4H3. The normalized spacial score (nSPS) is 13.0. The van der Waals surface area contributed by atoms with Gasteiger partial charge in [0.25, 0.3) is 0 Å². The highest BCUT2D eigenvalue weighted by atomic mass is 31.1. The molecule has 0 radical (unpaired) electrons. The topological polar surface area (TPSA) is 73.2 Å². The number of hydrogen-bond donors (Lipinski definition) is 1. The van der Waals surface area contributed by atoms with Crippen LogP contribution in [-0.2, 0) is 9.53 Å². The van der Waals surface area contributed by atoms with Crippen LogP contribution in [0.2, 0.25) is 0 Å². The second-order valence-electron chi connectivity index (χ2n) is 3.31. The van der Waals surface area contributed by atoms with E-state index in [4.69, 9.17) is 9.90 Å². The Morgan fingerprint density at radius 1 is 1.58 bits per heavy atom. The van der Waals surface area contributed by atoms with Crippen LogP contribution in [0, 0.1) is 5.16 Å². The molecule has 0 aromatic heterocycles. The first kappa shape index (κ1) is 11.5. The molecule has 0 spiro atoms. The van der Waals surface area contributed by atoms with Crippen LogP contribution in [-0.4, -0.2) is 17.2 Å². The maximum Gasteiger partial charge on any atom is 0.359 e. The Balaban J connectivity index is 4.36. The lowest BCUT2D eigenvalue weighted by atomic mass is 10.2. The Morgan fingerprint density at radius 3 is 2.25 bits per heavy atom. The Labute approximate surface area is 73.3 Å². The molecule has 0 heterocycles. The van der Waals surface area contributed by atoms with E-state index in [2.05, 4.69) is 0 Å². The van der Waals surface area contributed by atoms with Crippen molar-refractivity contribution in [2.45, 2.75) is 39.0 Å². The molecule has 0 fully saturated rings. The second kappa shape index (κ2) is 3.97. The molecular weight excluding hydrogens is 177 g/mol. The zero-order valence-corrected chi connectivity index (χ0v) is 8.64. The molecule has 0 saturated heterocycles. The first-order valence-electron chi connectivity index (χ1n) is 3.68. The monoisotopic (exact) mass is 191 g/mol. The van der Waals surface area contributed by atoms with Gasteiger partial charge in [0.15, 0.2) is 7.94 Å². The smallest absolute Gasteiger partial charge is 0.359 e. The molecule has 0 aromatic carbocycles. The van der Waals surface area contributed by atoms with Gasteiger partial charge in [0.1, 0.15) is 0 Å². The minimum Gasteiger partial charge on any atom is -0.612 e. The summed E-state index contributed by atoms with van der Waals surface area (Å²) in [5.41, 5.74) is 0. The van der Waals surface area contributed by atoms with Crippen LogP contribution >= 0.6 is 7.94 Å². The van der Waals surface area contributed by atoms with Crippen LogP contribution in [0.5, 0.6) is 0 Å². The largest absolute Gasteiger partial charge is 0.612 e. The van der Waals surface area contributed by atoms with Gasteiger partial charge in [0.05, 0.1) is 6.10 Å². The third-order valence-electron chi connectivity index (χ3n) is 1.35. The van der Waals surface area contributed by atoms with Gasteiger partial charge in [0.2, 0.25) is 5.16 Å². The molecule has 0 amide bonds. The zero-order chi connectivity index (χ0) is 9.94. The lowest BCUT2D eigenvalue weighted by Gasteiger charge is -2.17. The molecule has 12 heavy (non-hydrogen) atoms. The van der Waals surface area contributed by atoms with Crippen LogP contribution in [0.15, 0.2) is 0 Å². The quantitative estimate of drug-likeness (QED) is 0.538. The Kier molecular flexibility index (Phi) is 3.81. The van der Waals surface area contributed by atoms with Crippen LogP contribution < -0.4 is 4.89 Å². The third-order valence-corrected chi connectivity index (χ3v) is 2.55.